The number of hydrogen-bond acceptors (Lipinski definition) is 6. The van der Waals surface area contributed by atoms with Crippen molar-refractivity contribution < 1.29 is 24.0 Å². The van der Waals surface area contributed by atoms with Gasteiger partial charge in [0.05, 0.1) is 36.3 Å². The Hall–Kier alpha value is -2.94. The maximum absolute atomic E-state index is 12.5. The van der Waals surface area contributed by atoms with Crippen molar-refractivity contribution in [2.24, 2.45) is 0 Å². The molecule has 2 rings (SSSR count). The van der Waals surface area contributed by atoms with E-state index in [4.69, 9.17) is 9.47 Å². The number of allylic oxidation sites excluding steroid dienone is 1. The van der Waals surface area contributed by atoms with Gasteiger partial charge in [-0.3, -0.25) is 15.0 Å². The average molecular weight is 363 g/mol. The van der Waals surface area contributed by atoms with Gasteiger partial charge in [0.1, 0.15) is 0 Å². The van der Waals surface area contributed by atoms with Gasteiger partial charge < -0.3 is 14.8 Å². The lowest BCUT2D eigenvalue weighted by Gasteiger charge is -2.35. The summed E-state index contributed by atoms with van der Waals surface area (Å²) in [6, 6.07) is 4.56. The van der Waals surface area contributed by atoms with Gasteiger partial charge in [0.2, 0.25) is 0 Å². The summed E-state index contributed by atoms with van der Waals surface area (Å²) in [5.41, 5.74) is 1.23. The van der Waals surface area contributed by atoms with Crippen molar-refractivity contribution in [3.8, 4) is 0 Å². The molecule has 0 radical (unpaired) electrons. The number of methoxy groups -OCH3 is 1. The number of nitrogens with one attached hydrogen (secondary N) is 1. The molecule has 1 atom stereocenters. The van der Waals surface area contributed by atoms with Crippen LogP contribution >= 0.6 is 0 Å². The average Bonchev–Trinajstić information content (AvgIpc) is 2.61. The molecule has 2 amide bonds. The first-order valence-corrected chi connectivity index (χ1v) is 8.09. The third kappa shape index (κ3) is 3.99. The highest BCUT2D eigenvalue weighted by Gasteiger charge is 2.36. The molecule has 1 heterocycles. The number of esters is 1. The molecule has 0 aromatic heterocycles. The molecule has 1 N–H and O–H groups in total. The van der Waals surface area contributed by atoms with E-state index < -0.39 is 16.9 Å². The molecule has 0 saturated heterocycles. The zero-order valence-corrected chi connectivity index (χ0v) is 14.9. The predicted octanol–water partition coefficient (Wildman–Crippen LogP) is 2.14. The normalized spacial score (nSPS) is 17.1. The number of carbonyl (C=O) groups is 2. The maximum atomic E-state index is 12.5. The number of nitro benzene ring substituents is 1. The van der Waals surface area contributed by atoms with Crippen LogP contribution in [0.2, 0.25) is 0 Å². The largest absolute Gasteiger partial charge is 0.463 e. The number of carbonyl (C=O) groups excluding carboxylic acids is 2. The lowest BCUT2D eigenvalue weighted by Crippen LogP contribution is -2.49. The van der Waals surface area contributed by atoms with Crippen LogP contribution in [0.25, 0.3) is 0 Å². The minimum atomic E-state index is -0.749. The summed E-state index contributed by atoms with van der Waals surface area (Å²) in [6.07, 6.45) is 0. The molecule has 0 spiro atoms. The third-order valence-electron chi connectivity index (χ3n) is 4.05. The van der Waals surface area contributed by atoms with Crippen molar-refractivity contribution in [1.29, 1.82) is 0 Å². The summed E-state index contributed by atoms with van der Waals surface area (Å²) < 4.78 is 10.1. The molecule has 0 fully saturated rings. The molecule has 0 unspecified atom stereocenters. The second-order valence-electron chi connectivity index (χ2n) is 5.60. The summed E-state index contributed by atoms with van der Waals surface area (Å²) in [4.78, 5) is 36.7. The minimum absolute atomic E-state index is 0.0732. The van der Waals surface area contributed by atoms with Gasteiger partial charge in [-0.2, -0.15) is 0 Å². The topological polar surface area (TPSA) is 111 Å². The molecule has 0 aliphatic carbocycles. The predicted molar refractivity (Wildman–Crippen MR) is 92.3 cm³/mol. The Kier molecular flexibility index (Phi) is 6.29. The first-order valence-electron chi connectivity index (χ1n) is 8.09. The number of nitrogens with zero attached hydrogens (tertiary/aromatic N) is 2. The molecule has 1 aromatic rings. The second-order valence-corrected chi connectivity index (χ2v) is 5.60. The molecule has 1 aromatic carbocycles. The highest BCUT2D eigenvalue weighted by molar-refractivity contribution is 5.95. The van der Waals surface area contributed by atoms with Crippen molar-refractivity contribution in [2.75, 3.05) is 26.9 Å². The fourth-order valence-corrected chi connectivity index (χ4v) is 2.74. The van der Waals surface area contributed by atoms with Crippen LogP contribution < -0.4 is 5.32 Å². The maximum Gasteiger partial charge on any atom is 0.338 e. The monoisotopic (exact) mass is 363 g/mol. The van der Waals surface area contributed by atoms with Crippen LogP contribution in [0.3, 0.4) is 0 Å². The Morgan fingerprint density at radius 1 is 1.35 bits per heavy atom. The van der Waals surface area contributed by atoms with Gasteiger partial charge in [0.25, 0.3) is 5.69 Å². The van der Waals surface area contributed by atoms with Crippen LogP contribution in [0.4, 0.5) is 10.5 Å². The van der Waals surface area contributed by atoms with Crippen molar-refractivity contribution in [2.45, 2.75) is 19.9 Å². The van der Waals surface area contributed by atoms with Gasteiger partial charge in [-0.05, 0) is 31.5 Å². The van der Waals surface area contributed by atoms with Crippen LogP contribution in [0.5, 0.6) is 0 Å². The second kappa shape index (κ2) is 8.43. The van der Waals surface area contributed by atoms with Crippen LogP contribution in [0.15, 0.2) is 35.5 Å². The van der Waals surface area contributed by atoms with E-state index in [1.54, 1.807) is 13.8 Å². The lowest BCUT2D eigenvalue weighted by molar-refractivity contribution is -0.384. The van der Waals surface area contributed by atoms with Gasteiger partial charge in [0, 0.05) is 24.9 Å². The minimum Gasteiger partial charge on any atom is -0.463 e. The number of benzene rings is 1. The van der Waals surface area contributed by atoms with Crippen LogP contribution in [0.1, 0.15) is 25.5 Å². The van der Waals surface area contributed by atoms with E-state index in [1.807, 2.05) is 0 Å². The molecule has 0 bridgehead atoms. The van der Waals surface area contributed by atoms with Crippen LogP contribution in [-0.2, 0) is 14.3 Å². The van der Waals surface area contributed by atoms with Gasteiger partial charge in [-0.1, -0.05) is 0 Å². The summed E-state index contributed by atoms with van der Waals surface area (Å²) in [5, 5.41) is 13.6. The molecule has 0 saturated carbocycles. The number of nitro groups is 1. The van der Waals surface area contributed by atoms with Crippen molar-refractivity contribution in [1.82, 2.24) is 10.2 Å². The van der Waals surface area contributed by atoms with Gasteiger partial charge in [0.15, 0.2) is 0 Å². The zero-order chi connectivity index (χ0) is 19.3. The van der Waals surface area contributed by atoms with E-state index >= 15 is 0 Å². The van der Waals surface area contributed by atoms with E-state index in [0.717, 1.165) is 0 Å². The Morgan fingerprint density at radius 2 is 2.00 bits per heavy atom. The van der Waals surface area contributed by atoms with Gasteiger partial charge >= 0.3 is 12.0 Å². The quantitative estimate of drug-likeness (QED) is 0.451. The van der Waals surface area contributed by atoms with E-state index in [9.17, 15) is 19.7 Å². The summed E-state index contributed by atoms with van der Waals surface area (Å²) in [6.45, 7) is 4.14. The standard InChI is InChI=1S/C17H21N3O6/c1-4-26-16(21)14-11(2)19(9-10-25-3)17(22)18-15(14)12-5-7-13(8-6-12)20(23)24/h5-8,15H,4,9-10H2,1-3H3,(H,18,22)/t15-/m0/s1. The highest BCUT2D eigenvalue weighted by atomic mass is 16.6. The van der Waals surface area contributed by atoms with E-state index in [2.05, 4.69) is 5.32 Å². The SMILES string of the molecule is CCOC(=O)C1=C(C)N(CCOC)C(=O)N[C@H]1c1ccc([N+](=O)[O-])cc1. The molecule has 1 aliphatic rings. The Labute approximate surface area is 150 Å². The lowest BCUT2D eigenvalue weighted by atomic mass is 9.94. The first kappa shape index (κ1) is 19.4. The highest BCUT2D eigenvalue weighted by Crippen LogP contribution is 2.32. The number of rotatable bonds is 7. The molecule has 140 valence electrons. The molecule has 9 heteroatoms. The van der Waals surface area contributed by atoms with Crippen molar-refractivity contribution in [3.63, 3.8) is 0 Å². The first-order chi connectivity index (χ1) is 12.4. The fraction of sp³-hybridized carbons (Fsp3) is 0.412. The number of ether oxygens (including phenoxy) is 2. The summed E-state index contributed by atoms with van der Waals surface area (Å²) in [5.74, 6) is -0.546. The molecular weight excluding hydrogens is 342 g/mol. The van der Waals surface area contributed by atoms with E-state index in [-0.39, 0.29) is 30.4 Å². The van der Waals surface area contributed by atoms with Crippen molar-refractivity contribution >= 4 is 17.7 Å². The van der Waals surface area contributed by atoms with Gasteiger partial charge in [-0.25, -0.2) is 9.59 Å². The smallest absolute Gasteiger partial charge is 0.338 e. The number of amides is 2. The van der Waals surface area contributed by atoms with E-state index in [1.165, 1.54) is 36.3 Å². The summed E-state index contributed by atoms with van der Waals surface area (Å²) in [7, 11) is 1.52. The number of hydrogen-bond donors (Lipinski definition) is 1. The Balaban J connectivity index is 2.45. The van der Waals surface area contributed by atoms with Crippen molar-refractivity contribution in [3.05, 3.63) is 51.2 Å². The van der Waals surface area contributed by atoms with E-state index in [0.29, 0.717) is 17.9 Å². The Bertz CT molecular complexity index is 729. The third-order valence-corrected chi connectivity index (χ3v) is 4.05. The van der Waals surface area contributed by atoms with Crippen LogP contribution in [-0.4, -0.2) is 48.7 Å². The fourth-order valence-electron chi connectivity index (χ4n) is 2.74. The zero-order valence-electron chi connectivity index (χ0n) is 14.9. The van der Waals surface area contributed by atoms with Gasteiger partial charge in [-0.15, -0.1) is 0 Å². The molecular formula is C17H21N3O6. The number of non-ortho nitro benzene ring substituents is 1. The molecule has 26 heavy (non-hydrogen) atoms. The number of urea groups is 1. The molecule has 9 nitrogen and oxygen atoms in total. The molecule has 1 aliphatic heterocycles. The Morgan fingerprint density at radius 3 is 2.54 bits per heavy atom. The van der Waals surface area contributed by atoms with Crippen LogP contribution in [0, 0.1) is 10.1 Å². The summed E-state index contributed by atoms with van der Waals surface area (Å²) >= 11 is 0.